The van der Waals surface area contributed by atoms with Crippen LogP contribution >= 0.6 is 7.82 Å². The average molecular weight is 941 g/mol. The number of aliphatic hydroxyl groups is 5. The van der Waals surface area contributed by atoms with Crippen LogP contribution in [0.25, 0.3) is 0 Å². The second kappa shape index (κ2) is 42.2. The Bertz CT molecular complexity index is 1300. The lowest BCUT2D eigenvalue weighted by Crippen LogP contribution is -2.64. The molecule has 0 bridgehead atoms. The number of esters is 1. The van der Waals surface area contributed by atoms with Crippen molar-refractivity contribution in [1.82, 2.24) is 0 Å². The summed E-state index contributed by atoms with van der Waals surface area (Å²) in [5.74, 6) is -0.492. The first-order chi connectivity index (χ1) is 31.5. The molecular weight excluding hydrogens is 848 g/mol. The largest absolute Gasteiger partial charge is 0.472 e. The van der Waals surface area contributed by atoms with Gasteiger partial charge in [-0.15, -0.1) is 0 Å². The molecule has 65 heavy (non-hydrogen) atoms. The molecule has 6 N–H and O–H groups in total. The summed E-state index contributed by atoms with van der Waals surface area (Å²) < 4.78 is 34.3. The molecule has 1 aliphatic rings. The molecule has 0 heterocycles. The van der Waals surface area contributed by atoms with Gasteiger partial charge in [0.25, 0.3) is 0 Å². The minimum absolute atomic E-state index is 0.0865. The van der Waals surface area contributed by atoms with Crippen LogP contribution in [0.15, 0.2) is 60.8 Å². The normalized spacial score (nSPS) is 22.0. The van der Waals surface area contributed by atoms with Crippen molar-refractivity contribution in [3.8, 4) is 0 Å². The maximum Gasteiger partial charge on any atom is 0.472 e. The van der Waals surface area contributed by atoms with Gasteiger partial charge in [-0.05, 0) is 77.0 Å². The molecule has 13 heteroatoms. The third-order valence-electron chi connectivity index (χ3n) is 11.6. The minimum atomic E-state index is -5.03. The van der Waals surface area contributed by atoms with Crippen molar-refractivity contribution in [2.24, 2.45) is 0 Å². The first-order valence-electron chi connectivity index (χ1n) is 25.6. The van der Waals surface area contributed by atoms with Crippen molar-refractivity contribution in [1.29, 1.82) is 0 Å². The lowest BCUT2D eigenvalue weighted by atomic mass is 9.85. The van der Waals surface area contributed by atoms with Gasteiger partial charge in [0.1, 0.15) is 42.7 Å². The van der Waals surface area contributed by atoms with Crippen molar-refractivity contribution in [3.05, 3.63) is 60.8 Å². The highest BCUT2D eigenvalue weighted by Crippen LogP contribution is 2.47. The summed E-state index contributed by atoms with van der Waals surface area (Å²) in [5.41, 5.74) is 0. The number of aliphatic hydroxyl groups excluding tert-OH is 5. The number of phosphoric acid groups is 1. The van der Waals surface area contributed by atoms with E-state index in [0.29, 0.717) is 13.0 Å². The highest BCUT2D eigenvalue weighted by Gasteiger charge is 2.51. The standard InChI is InChI=1S/C52H93O12P/c1-3-5-7-9-11-13-15-17-19-21-23-25-27-29-31-33-35-37-39-41-46(53)63-45(44-62-65(59,60)64-52-50(57)48(55)47(54)49(56)51(52)58)43-61-42-40-38-36-34-32-30-28-26-24-22-20-18-16-14-12-10-8-6-4-2/h5,7,11,13,17,19-20,22-23,25,45,47-52,54-58H,3-4,6,8-10,12,14-16,18,21,24,26-44H2,1-2H3,(H,59,60)/b7-5-,13-11-,19-17-,22-20-,25-23-. The van der Waals surface area contributed by atoms with Gasteiger partial charge in [-0.25, -0.2) is 4.57 Å². The maximum absolute atomic E-state index is 12.9. The Morgan fingerprint density at radius 1 is 0.508 bits per heavy atom. The van der Waals surface area contributed by atoms with Crippen LogP contribution in [0.2, 0.25) is 0 Å². The summed E-state index contributed by atoms with van der Waals surface area (Å²) >= 11 is 0. The van der Waals surface area contributed by atoms with E-state index < -0.39 is 63.1 Å². The zero-order valence-electron chi connectivity index (χ0n) is 40.5. The van der Waals surface area contributed by atoms with Gasteiger partial charge in [0.05, 0.1) is 13.2 Å². The molecule has 0 aromatic rings. The van der Waals surface area contributed by atoms with E-state index in [1.807, 2.05) is 0 Å². The maximum atomic E-state index is 12.9. The van der Waals surface area contributed by atoms with E-state index in [1.165, 1.54) is 83.5 Å². The lowest BCUT2D eigenvalue weighted by Gasteiger charge is -2.41. The van der Waals surface area contributed by atoms with Crippen molar-refractivity contribution in [3.63, 3.8) is 0 Å². The number of phosphoric ester groups is 1. The molecule has 6 atom stereocenters. The summed E-state index contributed by atoms with van der Waals surface area (Å²) in [4.78, 5) is 23.2. The molecule has 0 spiro atoms. The molecule has 1 aliphatic carbocycles. The van der Waals surface area contributed by atoms with E-state index in [-0.39, 0.29) is 13.0 Å². The van der Waals surface area contributed by atoms with Gasteiger partial charge in [-0.2, -0.15) is 0 Å². The first-order valence-corrected chi connectivity index (χ1v) is 27.1. The lowest BCUT2D eigenvalue weighted by molar-refractivity contribution is -0.220. The molecule has 1 saturated carbocycles. The smallest absolute Gasteiger partial charge is 0.457 e. The Balaban J connectivity index is 2.36. The van der Waals surface area contributed by atoms with Gasteiger partial charge in [0.15, 0.2) is 0 Å². The van der Waals surface area contributed by atoms with Crippen LogP contribution in [-0.4, -0.2) is 98.9 Å². The number of ether oxygens (including phenoxy) is 2. The Morgan fingerprint density at radius 3 is 1.40 bits per heavy atom. The Hall–Kier alpha value is -1.96. The summed E-state index contributed by atoms with van der Waals surface area (Å²) in [7, 11) is -5.03. The number of unbranched alkanes of at least 4 members (excludes halogenated alkanes) is 21. The Kier molecular flexibility index (Phi) is 39.6. The van der Waals surface area contributed by atoms with E-state index in [9.17, 15) is 39.8 Å². The van der Waals surface area contributed by atoms with Crippen LogP contribution in [-0.2, 0) is 27.9 Å². The predicted molar refractivity (Wildman–Crippen MR) is 262 cm³/mol. The topological polar surface area (TPSA) is 192 Å². The van der Waals surface area contributed by atoms with E-state index in [1.54, 1.807) is 0 Å². The second-order valence-corrected chi connectivity index (χ2v) is 19.0. The molecule has 0 amide bonds. The highest BCUT2D eigenvalue weighted by molar-refractivity contribution is 7.47. The monoisotopic (exact) mass is 941 g/mol. The van der Waals surface area contributed by atoms with E-state index in [0.717, 1.165) is 89.9 Å². The second-order valence-electron chi connectivity index (χ2n) is 17.6. The fourth-order valence-electron chi connectivity index (χ4n) is 7.58. The summed E-state index contributed by atoms with van der Waals surface area (Å²) in [6.45, 7) is 4.14. The molecule has 0 saturated heterocycles. The van der Waals surface area contributed by atoms with Gasteiger partial charge >= 0.3 is 13.8 Å². The Morgan fingerprint density at radius 2 is 0.908 bits per heavy atom. The number of allylic oxidation sites excluding steroid dienone is 10. The molecule has 0 aliphatic heterocycles. The summed E-state index contributed by atoms with van der Waals surface area (Å²) in [6.07, 6.45) is 41.4. The zero-order chi connectivity index (χ0) is 47.6. The molecule has 1 rings (SSSR count). The summed E-state index contributed by atoms with van der Waals surface area (Å²) in [5, 5.41) is 50.3. The minimum Gasteiger partial charge on any atom is -0.457 e. The molecule has 0 radical (unpaired) electrons. The first kappa shape index (κ1) is 61.1. The average Bonchev–Trinajstić information content (AvgIpc) is 3.29. The van der Waals surface area contributed by atoms with Crippen molar-refractivity contribution in [2.45, 2.75) is 243 Å². The van der Waals surface area contributed by atoms with Crippen LogP contribution in [0, 0.1) is 0 Å². The van der Waals surface area contributed by atoms with Crippen LogP contribution in [0.5, 0.6) is 0 Å². The summed E-state index contributed by atoms with van der Waals surface area (Å²) in [6, 6.07) is 0. The highest BCUT2D eigenvalue weighted by atomic mass is 31.2. The molecule has 1 fully saturated rings. The third kappa shape index (κ3) is 34.1. The van der Waals surface area contributed by atoms with Crippen LogP contribution in [0.4, 0.5) is 0 Å². The number of rotatable bonds is 43. The van der Waals surface area contributed by atoms with Crippen LogP contribution < -0.4 is 0 Å². The van der Waals surface area contributed by atoms with Gasteiger partial charge in [0.2, 0.25) is 0 Å². The van der Waals surface area contributed by atoms with Gasteiger partial charge < -0.3 is 39.9 Å². The van der Waals surface area contributed by atoms with E-state index >= 15 is 0 Å². The quantitative estimate of drug-likeness (QED) is 0.0147. The van der Waals surface area contributed by atoms with Crippen molar-refractivity contribution in [2.75, 3.05) is 19.8 Å². The van der Waals surface area contributed by atoms with Crippen LogP contribution in [0.1, 0.15) is 200 Å². The molecule has 0 aromatic heterocycles. The Labute approximate surface area is 394 Å². The van der Waals surface area contributed by atoms with Gasteiger partial charge in [-0.3, -0.25) is 13.8 Å². The van der Waals surface area contributed by atoms with Crippen molar-refractivity contribution >= 4 is 13.8 Å². The van der Waals surface area contributed by atoms with Gasteiger partial charge in [-0.1, -0.05) is 177 Å². The van der Waals surface area contributed by atoms with E-state index in [2.05, 4.69) is 74.6 Å². The van der Waals surface area contributed by atoms with Crippen molar-refractivity contribution < 1.29 is 58.3 Å². The number of hydrogen-bond acceptors (Lipinski definition) is 11. The molecule has 0 aromatic carbocycles. The number of carbonyl (C=O) groups excluding carboxylic acids is 1. The number of carbonyl (C=O) groups is 1. The van der Waals surface area contributed by atoms with Crippen LogP contribution in [0.3, 0.4) is 0 Å². The zero-order valence-corrected chi connectivity index (χ0v) is 41.4. The molecule has 6 unspecified atom stereocenters. The molecule has 12 nitrogen and oxygen atoms in total. The SMILES string of the molecule is CC/C=C\C/C=C\C/C=C\C/C=C\CCCCCCCCC(=O)OC(COCCCCCCCCCC/C=C\CCCCCCCCC)COP(=O)(O)OC1C(O)C(O)C(O)C(O)C1O. The number of hydrogen-bond donors (Lipinski definition) is 6. The fourth-order valence-corrected chi connectivity index (χ4v) is 8.55. The van der Waals surface area contributed by atoms with E-state index in [4.69, 9.17) is 18.5 Å². The fraction of sp³-hybridized carbons (Fsp3) is 0.788. The third-order valence-corrected chi connectivity index (χ3v) is 12.6. The molecule has 378 valence electrons. The van der Waals surface area contributed by atoms with Gasteiger partial charge in [0, 0.05) is 13.0 Å². The predicted octanol–water partition coefficient (Wildman–Crippen LogP) is 11.4. The molecular formula is C52H93O12P.